The van der Waals surface area contributed by atoms with Crippen LogP contribution in [0, 0.1) is 10.1 Å². The summed E-state index contributed by atoms with van der Waals surface area (Å²) in [5.41, 5.74) is -2.00. The quantitative estimate of drug-likeness (QED) is 0.263. The van der Waals surface area contributed by atoms with Gasteiger partial charge in [0.25, 0.3) is 11.2 Å². The molecular formula is C21H10ClF3N2O5. The Balaban J connectivity index is 1.79. The molecule has 162 valence electrons. The van der Waals surface area contributed by atoms with E-state index in [0.717, 1.165) is 18.2 Å². The van der Waals surface area contributed by atoms with E-state index in [2.05, 4.69) is 4.98 Å². The first-order valence-corrected chi connectivity index (χ1v) is 9.24. The van der Waals surface area contributed by atoms with Crippen molar-refractivity contribution in [3.63, 3.8) is 0 Å². The molecule has 0 bridgehead atoms. The summed E-state index contributed by atoms with van der Waals surface area (Å²) in [7, 11) is 0. The summed E-state index contributed by atoms with van der Waals surface area (Å²) < 4.78 is 49.6. The number of fused-ring (bicyclic) bond motifs is 1. The molecule has 0 saturated carbocycles. The van der Waals surface area contributed by atoms with Gasteiger partial charge in [-0.3, -0.25) is 14.9 Å². The van der Waals surface area contributed by atoms with Crippen molar-refractivity contribution in [3.8, 4) is 23.0 Å². The lowest BCUT2D eigenvalue weighted by Gasteiger charge is -2.12. The van der Waals surface area contributed by atoms with Gasteiger partial charge in [-0.2, -0.15) is 18.2 Å². The van der Waals surface area contributed by atoms with Gasteiger partial charge in [0.05, 0.1) is 20.9 Å². The van der Waals surface area contributed by atoms with Crippen molar-refractivity contribution < 1.29 is 27.2 Å². The first kappa shape index (κ1) is 21.3. The largest absolute Gasteiger partial charge is 0.456 e. The third kappa shape index (κ3) is 4.12. The van der Waals surface area contributed by atoms with E-state index in [0.29, 0.717) is 6.07 Å². The fourth-order valence-electron chi connectivity index (χ4n) is 2.92. The van der Waals surface area contributed by atoms with Gasteiger partial charge in [0, 0.05) is 12.1 Å². The van der Waals surface area contributed by atoms with Crippen LogP contribution in [0.4, 0.5) is 18.9 Å². The highest BCUT2D eigenvalue weighted by molar-refractivity contribution is 6.32. The van der Waals surface area contributed by atoms with Crippen LogP contribution in [0.2, 0.25) is 5.02 Å². The van der Waals surface area contributed by atoms with E-state index in [1.807, 2.05) is 0 Å². The minimum atomic E-state index is -4.58. The van der Waals surface area contributed by atoms with Gasteiger partial charge in [-0.05, 0) is 36.4 Å². The second-order valence-corrected chi connectivity index (χ2v) is 6.91. The number of nitrogens with zero attached hydrogens (tertiary/aromatic N) is 2. The number of rotatable bonds is 4. The lowest BCUT2D eigenvalue weighted by atomic mass is 10.1. The molecule has 32 heavy (non-hydrogen) atoms. The number of para-hydroxylation sites is 1. The Morgan fingerprint density at radius 1 is 1.06 bits per heavy atom. The minimum Gasteiger partial charge on any atom is -0.456 e. The summed E-state index contributed by atoms with van der Waals surface area (Å²) >= 11 is 5.90. The summed E-state index contributed by atoms with van der Waals surface area (Å²) in [6.07, 6.45) is -4.58. The van der Waals surface area contributed by atoms with Crippen molar-refractivity contribution in [2.24, 2.45) is 0 Å². The zero-order valence-corrected chi connectivity index (χ0v) is 16.5. The number of hydrogen-bond acceptors (Lipinski definition) is 6. The maximum atomic E-state index is 12.8. The molecule has 0 aliphatic carbocycles. The number of ether oxygens (including phenoxy) is 1. The Morgan fingerprint density at radius 2 is 1.81 bits per heavy atom. The van der Waals surface area contributed by atoms with Crippen molar-refractivity contribution in [1.29, 1.82) is 0 Å². The Labute approximate surface area is 181 Å². The van der Waals surface area contributed by atoms with E-state index >= 15 is 0 Å². The number of benzene rings is 3. The van der Waals surface area contributed by atoms with Gasteiger partial charge in [0.2, 0.25) is 5.89 Å². The molecule has 0 amide bonds. The first-order valence-electron chi connectivity index (χ1n) is 8.87. The smallest absolute Gasteiger partial charge is 0.416 e. The molecule has 1 heterocycles. The summed E-state index contributed by atoms with van der Waals surface area (Å²) in [4.78, 5) is 26.9. The molecule has 0 atom stereocenters. The van der Waals surface area contributed by atoms with Gasteiger partial charge >= 0.3 is 6.18 Å². The van der Waals surface area contributed by atoms with Gasteiger partial charge < -0.3 is 9.15 Å². The Morgan fingerprint density at radius 3 is 2.50 bits per heavy atom. The number of hydrogen-bond donors (Lipinski definition) is 0. The Bertz CT molecular complexity index is 1420. The Hall–Kier alpha value is -3.92. The van der Waals surface area contributed by atoms with Crippen LogP contribution in [0.15, 0.2) is 69.9 Å². The second-order valence-electron chi connectivity index (χ2n) is 6.50. The van der Waals surface area contributed by atoms with Gasteiger partial charge in [0.15, 0.2) is 0 Å². The number of halogens is 4. The van der Waals surface area contributed by atoms with Crippen LogP contribution >= 0.6 is 11.6 Å². The van der Waals surface area contributed by atoms with Crippen molar-refractivity contribution in [3.05, 3.63) is 91.7 Å². The maximum absolute atomic E-state index is 12.8. The van der Waals surface area contributed by atoms with Crippen molar-refractivity contribution in [2.45, 2.75) is 6.18 Å². The predicted octanol–water partition coefficient (Wildman–Crippen LogP) is 6.23. The lowest BCUT2D eigenvalue weighted by molar-refractivity contribution is -0.384. The SMILES string of the molecule is O=c1nc(-c2cc(Oc3ccc(C(F)(F)F)cc3Cl)ccc2[N+](=O)[O-])oc2ccccc12. The summed E-state index contributed by atoms with van der Waals surface area (Å²) in [6, 6.07) is 12.3. The zero-order valence-electron chi connectivity index (χ0n) is 15.7. The standard InChI is InChI=1S/C21H10ClF3N2O5/c22-15-9-11(21(23,24)25)5-8-18(15)31-12-6-7-16(27(29)30)14(10-12)20-26-19(28)13-3-1-2-4-17(13)32-20/h1-10H. The molecule has 0 aliphatic rings. The van der Waals surface area contributed by atoms with Crippen LogP contribution < -0.4 is 10.3 Å². The molecule has 4 rings (SSSR count). The molecule has 0 aliphatic heterocycles. The van der Waals surface area contributed by atoms with E-state index in [9.17, 15) is 28.1 Å². The van der Waals surface area contributed by atoms with E-state index in [4.69, 9.17) is 20.8 Å². The van der Waals surface area contributed by atoms with Crippen LogP contribution in [0.1, 0.15) is 5.56 Å². The molecule has 7 nitrogen and oxygen atoms in total. The maximum Gasteiger partial charge on any atom is 0.416 e. The van der Waals surface area contributed by atoms with E-state index in [1.165, 1.54) is 24.3 Å². The molecule has 3 aromatic carbocycles. The number of nitro benzene ring substituents is 1. The van der Waals surface area contributed by atoms with Crippen LogP contribution in [-0.2, 0) is 6.18 Å². The highest BCUT2D eigenvalue weighted by Crippen LogP contribution is 2.38. The van der Waals surface area contributed by atoms with Gasteiger partial charge in [-0.25, -0.2) is 0 Å². The average molecular weight is 463 g/mol. The van der Waals surface area contributed by atoms with E-state index in [-0.39, 0.29) is 38.9 Å². The minimum absolute atomic E-state index is 0.00451. The third-order valence-electron chi connectivity index (χ3n) is 4.41. The van der Waals surface area contributed by atoms with Crippen LogP contribution in [0.25, 0.3) is 22.4 Å². The molecule has 0 spiro atoms. The molecule has 0 fully saturated rings. The van der Waals surface area contributed by atoms with Gasteiger partial charge in [0.1, 0.15) is 22.6 Å². The number of nitro groups is 1. The second kappa shape index (κ2) is 7.97. The van der Waals surface area contributed by atoms with Crippen LogP contribution in [0.3, 0.4) is 0 Å². The van der Waals surface area contributed by atoms with Gasteiger partial charge in [-0.15, -0.1) is 0 Å². The summed E-state index contributed by atoms with van der Waals surface area (Å²) in [5, 5.41) is 11.4. The van der Waals surface area contributed by atoms with Crippen LogP contribution in [-0.4, -0.2) is 9.91 Å². The molecular weight excluding hydrogens is 453 g/mol. The topological polar surface area (TPSA) is 95.5 Å². The lowest BCUT2D eigenvalue weighted by Crippen LogP contribution is -2.07. The third-order valence-corrected chi connectivity index (χ3v) is 4.70. The van der Waals surface area contributed by atoms with Crippen molar-refractivity contribution >= 4 is 28.3 Å². The molecule has 4 aromatic rings. The number of aromatic nitrogens is 1. The van der Waals surface area contributed by atoms with E-state index < -0.39 is 27.9 Å². The zero-order chi connectivity index (χ0) is 23.0. The molecule has 1 aromatic heterocycles. The predicted molar refractivity (Wildman–Crippen MR) is 109 cm³/mol. The fraction of sp³-hybridized carbons (Fsp3) is 0.0476. The van der Waals surface area contributed by atoms with Gasteiger partial charge in [-0.1, -0.05) is 23.7 Å². The monoisotopic (exact) mass is 462 g/mol. The van der Waals surface area contributed by atoms with Crippen molar-refractivity contribution in [1.82, 2.24) is 4.98 Å². The normalized spacial score (nSPS) is 11.5. The van der Waals surface area contributed by atoms with Crippen molar-refractivity contribution in [2.75, 3.05) is 0 Å². The highest BCUT2D eigenvalue weighted by atomic mass is 35.5. The average Bonchev–Trinajstić information content (AvgIpc) is 2.74. The molecule has 0 unspecified atom stereocenters. The van der Waals surface area contributed by atoms with Crippen LogP contribution in [0.5, 0.6) is 11.5 Å². The fourth-order valence-corrected chi connectivity index (χ4v) is 3.14. The molecule has 0 N–H and O–H groups in total. The highest BCUT2D eigenvalue weighted by Gasteiger charge is 2.31. The number of alkyl halides is 3. The Kier molecular flexibility index (Phi) is 5.31. The summed E-state index contributed by atoms with van der Waals surface area (Å²) in [5.74, 6) is -0.415. The molecule has 0 radical (unpaired) electrons. The molecule has 0 saturated heterocycles. The summed E-state index contributed by atoms with van der Waals surface area (Å²) in [6.45, 7) is 0. The van der Waals surface area contributed by atoms with E-state index in [1.54, 1.807) is 12.1 Å². The first-order chi connectivity index (χ1) is 15.1. The molecule has 11 heteroatoms.